The molecule has 0 bridgehead atoms. The summed E-state index contributed by atoms with van der Waals surface area (Å²) in [7, 11) is 0. The molecule has 1 heterocycles. The van der Waals surface area contributed by atoms with Crippen LogP contribution < -0.4 is 0 Å². The van der Waals surface area contributed by atoms with Crippen molar-refractivity contribution < 1.29 is 4.42 Å². The van der Waals surface area contributed by atoms with Gasteiger partial charge < -0.3 is 4.42 Å². The first-order chi connectivity index (χ1) is 27.5. The number of benzene rings is 10. The largest absolute Gasteiger partial charge is 0.456 e. The van der Waals surface area contributed by atoms with Crippen molar-refractivity contribution in [2.45, 2.75) is 19.3 Å². The Hall–Kier alpha value is -6.96. The predicted molar refractivity (Wildman–Crippen MR) is 238 cm³/mol. The molecule has 0 aliphatic heterocycles. The van der Waals surface area contributed by atoms with Gasteiger partial charge in [0.1, 0.15) is 11.2 Å². The van der Waals surface area contributed by atoms with Gasteiger partial charge in [-0.3, -0.25) is 0 Å². The molecule has 0 fully saturated rings. The summed E-state index contributed by atoms with van der Waals surface area (Å²) in [5.41, 5.74) is 14.6. The molecule has 1 nitrogen and oxygen atoms in total. The van der Waals surface area contributed by atoms with E-state index < -0.39 is 0 Å². The Bertz CT molecular complexity index is 3370. The van der Waals surface area contributed by atoms with Crippen LogP contribution in [0.4, 0.5) is 0 Å². The zero-order valence-corrected chi connectivity index (χ0v) is 31.2. The summed E-state index contributed by atoms with van der Waals surface area (Å²) in [6.07, 6.45) is 0. The first-order valence-corrected chi connectivity index (χ1v) is 19.6. The van der Waals surface area contributed by atoms with E-state index in [4.69, 9.17) is 4.42 Å². The summed E-state index contributed by atoms with van der Waals surface area (Å²) in [5, 5.41) is 12.6. The maximum Gasteiger partial charge on any atom is 0.136 e. The van der Waals surface area contributed by atoms with E-state index in [2.05, 4.69) is 196 Å². The van der Waals surface area contributed by atoms with Crippen molar-refractivity contribution in [3.63, 3.8) is 0 Å². The SMILES string of the molecule is CC1(C)c2ccc(-c3ccc(-c4c5ccccc5c(-c5cccc6ccccc56)c5ccccc45)cc3)cc2-c2ccc3ccc4oc5ccccc5c4c3c21. The third-order valence-corrected chi connectivity index (χ3v) is 12.6. The number of hydrogen-bond donors (Lipinski definition) is 0. The Morgan fingerprint density at radius 2 is 0.946 bits per heavy atom. The second kappa shape index (κ2) is 11.5. The van der Waals surface area contributed by atoms with Crippen LogP contribution in [0.25, 0.3) is 110 Å². The van der Waals surface area contributed by atoms with Crippen LogP contribution >= 0.6 is 0 Å². The highest BCUT2D eigenvalue weighted by molar-refractivity contribution is 6.24. The van der Waals surface area contributed by atoms with Gasteiger partial charge in [-0.1, -0.05) is 178 Å². The van der Waals surface area contributed by atoms with Gasteiger partial charge in [0.25, 0.3) is 0 Å². The number of hydrogen-bond acceptors (Lipinski definition) is 1. The van der Waals surface area contributed by atoms with Crippen molar-refractivity contribution in [2.75, 3.05) is 0 Å². The molecule has 1 aromatic heterocycles. The lowest BCUT2D eigenvalue weighted by atomic mass is 9.79. The second-order valence-electron chi connectivity index (χ2n) is 16.0. The van der Waals surface area contributed by atoms with E-state index in [9.17, 15) is 0 Å². The lowest BCUT2D eigenvalue weighted by molar-refractivity contribution is 0.665. The summed E-state index contributed by atoms with van der Waals surface area (Å²) < 4.78 is 6.37. The normalized spacial score (nSPS) is 13.3. The molecule has 56 heavy (non-hydrogen) atoms. The molecule has 0 amide bonds. The first kappa shape index (κ1) is 31.4. The van der Waals surface area contributed by atoms with Gasteiger partial charge in [0.15, 0.2) is 0 Å². The Labute approximate surface area is 325 Å². The molecule has 11 aromatic rings. The standard InChI is InChI=1S/C55H36O/c1-55(2)47-30-27-37(32-46(47)44-29-26-36-28-31-49-53(51(36)54(44)55)45-19-9-10-21-48(45)56-49)33-22-24-35(25-23-33)50-40-15-5-7-17-42(40)52(43-18-8-6-16-41(43)50)39-20-11-13-34-12-3-4-14-38(34)39/h3-32H,1-2H3. The number of fused-ring (bicyclic) bond motifs is 12. The minimum atomic E-state index is -0.167. The molecule has 0 spiro atoms. The predicted octanol–water partition coefficient (Wildman–Crippen LogP) is 15.5. The molecular formula is C55H36O. The van der Waals surface area contributed by atoms with Gasteiger partial charge in [0.05, 0.1) is 0 Å². The lowest BCUT2D eigenvalue weighted by Gasteiger charge is -2.23. The fourth-order valence-corrected chi connectivity index (χ4v) is 10.1. The lowest BCUT2D eigenvalue weighted by Crippen LogP contribution is -2.15. The van der Waals surface area contributed by atoms with E-state index in [0.717, 1.165) is 11.2 Å². The van der Waals surface area contributed by atoms with Crippen LogP contribution in [-0.2, 0) is 5.41 Å². The van der Waals surface area contributed by atoms with E-state index >= 15 is 0 Å². The molecule has 10 aromatic carbocycles. The summed E-state index contributed by atoms with van der Waals surface area (Å²) in [6.45, 7) is 4.76. The average molecular weight is 713 g/mol. The van der Waals surface area contributed by atoms with Crippen molar-refractivity contribution in [2.24, 2.45) is 0 Å². The zero-order valence-electron chi connectivity index (χ0n) is 31.2. The maximum absolute atomic E-state index is 6.37. The van der Waals surface area contributed by atoms with Crippen LogP contribution in [0.15, 0.2) is 186 Å². The Morgan fingerprint density at radius 3 is 1.70 bits per heavy atom. The van der Waals surface area contributed by atoms with E-state index in [1.807, 2.05) is 0 Å². The minimum Gasteiger partial charge on any atom is -0.456 e. The second-order valence-corrected chi connectivity index (χ2v) is 16.0. The molecule has 262 valence electrons. The Morgan fingerprint density at radius 1 is 0.357 bits per heavy atom. The van der Waals surface area contributed by atoms with Gasteiger partial charge in [-0.2, -0.15) is 0 Å². The molecule has 12 rings (SSSR count). The monoisotopic (exact) mass is 712 g/mol. The number of furan rings is 1. The minimum absolute atomic E-state index is 0.167. The van der Waals surface area contributed by atoms with Crippen LogP contribution in [0.3, 0.4) is 0 Å². The van der Waals surface area contributed by atoms with Crippen LogP contribution in [0.2, 0.25) is 0 Å². The number of rotatable bonds is 3. The third kappa shape index (κ3) is 4.31. The first-order valence-electron chi connectivity index (χ1n) is 19.6. The van der Waals surface area contributed by atoms with Gasteiger partial charge in [-0.15, -0.1) is 0 Å². The van der Waals surface area contributed by atoms with Crippen LogP contribution in [-0.4, -0.2) is 0 Å². The smallest absolute Gasteiger partial charge is 0.136 e. The summed E-state index contributed by atoms with van der Waals surface area (Å²) in [4.78, 5) is 0. The molecule has 1 heteroatoms. The molecule has 1 aliphatic carbocycles. The van der Waals surface area contributed by atoms with Crippen molar-refractivity contribution in [1.29, 1.82) is 0 Å². The number of para-hydroxylation sites is 1. The Kier molecular flexibility index (Phi) is 6.46. The fraction of sp³-hybridized carbons (Fsp3) is 0.0545. The van der Waals surface area contributed by atoms with Crippen molar-refractivity contribution >= 4 is 65.0 Å². The molecule has 1 aliphatic rings. The van der Waals surface area contributed by atoms with Gasteiger partial charge >= 0.3 is 0 Å². The van der Waals surface area contributed by atoms with E-state index in [-0.39, 0.29) is 5.41 Å². The summed E-state index contributed by atoms with van der Waals surface area (Å²) in [5.74, 6) is 0. The van der Waals surface area contributed by atoms with Crippen molar-refractivity contribution in [1.82, 2.24) is 0 Å². The highest BCUT2D eigenvalue weighted by Gasteiger charge is 2.38. The maximum atomic E-state index is 6.37. The third-order valence-electron chi connectivity index (χ3n) is 12.6. The fourth-order valence-electron chi connectivity index (χ4n) is 10.1. The molecule has 0 radical (unpaired) electrons. The molecule has 0 atom stereocenters. The van der Waals surface area contributed by atoms with Gasteiger partial charge in [-0.05, 0) is 117 Å². The van der Waals surface area contributed by atoms with Gasteiger partial charge in [0, 0.05) is 16.2 Å². The Balaban J connectivity index is 1.01. The highest BCUT2D eigenvalue weighted by Crippen LogP contribution is 2.54. The van der Waals surface area contributed by atoms with E-state index in [0.29, 0.717) is 0 Å². The van der Waals surface area contributed by atoms with Crippen molar-refractivity contribution in [3.8, 4) is 44.5 Å². The summed E-state index contributed by atoms with van der Waals surface area (Å²) >= 11 is 0. The van der Waals surface area contributed by atoms with Crippen LogP contribution in [0, 0.1) is 0 Å². The van der Waals surface area contributed by atoms with Gasteiger partial charge in [0.2, 0.25) is 0 Å². The zero-order chi connectivity index (χ0) is 37.1. The van der Waals surface area contributed by atoms with Crippen LogP contribution in [0.5, 0.6) is 0 Å². The molecule has 0 saturated carbocycles. The topological polar surface area (TPSA) is 13.1 Å². The highest BCUT2D eigenvalue weighted by atomic mass is 16.3. The van der Waals surface area contributed by atoms with Crippen molar-refractivity contribution in [3.05, 3.63) is 193 Å². The molecule has 0 N–H and O–H groups in total. The average Bonchev–Trinajstić information content (AvgIpc) is 3.74. The van der Waals surface area contributed by atoms with E-state index in [1.165, 1.54) is 109 Å². The molecule has 0 saturated heterocycles. The van der Waals surface area contributed by atoms with E-state index in [1.54, 1.807) is 0 Å². The van der Waals surface area contributed by atoms with Crippen LogP contribution in [0.1, 0.15) is 25.0 Å². The molecule has 0 unspecified atom stereocenters. The summed E-state index contributed by atoms with van der Waals surface area (Å²) in [6, 6.07) is 67.1. The van der Waals surface area contributed by atoms with Gasteiger partial charge in [-0.25, -0.2) is 0 Å². The quantitative estimate of drug-likeness (QED) is 0.166. The molecular weight excluding hydrogens is 677 g/mol.